The molecule has 1 saturated heterocycles. The van der Waals surface area contributed by atoms with Crippen molar-refractivity contribution in [3.8, 4) is 11.5 Å². The summed E-state index contributed by atoms with van der Waals surface area (Å²) in [5.74, 6) is 1.36. The van der Waals surface area contributed by atoms with Crippen LogP contribution in [0.25, 0.3) is 0 Å². The van der Waals surface area contributed by atoms with E-state index < -0.39 is 0 Å². The molecule has 136 valence electrons. The highest BCUT2D eigenvalue weighted by molar-refractivity contribution is 5.98. The summed E-state index contributed by atoms with van der Waals surface area (Å²) in [7, 11) is 0. The summed E-state index contributed by atoms with van der Waals surface area (Å²) in [5, 5.41) is 0. The Bertz CT molecular complexity index is 800. The van der Waals surface area contributed by atoms with Crippen molar-refractivity contribution in [1.82, 2.24) is 4.90 Å². The molecule has 1 fully saturated rings. The molecule has 2 aromatic carbocycles. The molecule has 2 aliphatic rings. The molecule has 2 aliphatic heterocycles. The standard InChI is InChI=1S/C21H22FNO3/c22-18-3-1-2-15(12-18)14-23-8-6-16(7-9-23)21(24)17-4-5-19-20(13-17)26-11-10-25-19/h1-5,12-13,16H,6-11,14H2. The quantitative estimate of drug-likeness (QED) is 0.784. The van der Waals surface area contributed by atoms with Crippen molar-refractivity contribution < 1.29 is 18.7 Å². The smallest absolute Gasteiger partial charge is 0.166 e. The Hall–Kier alpha value is -2.40. The predicted octanol–water partition coefficient (Wildman–Crippen LogP) is 3.69. The maximum absolute atomic E-state index is 13.3. The zero-order valence-corrected chi connectivity index (χ0v) is 14.6. The fraction of sp³-hybridized carbons (Fsp3) is 0.381. The second-order valence-corrected chi connectivity index (χ2v) is 6.90. The van der Waals surface area contributed by atoms with Gasteiger partial charge in [0, 0.05) is 18.0 Å². The highest BCUT2D eigenvalue weighted by atomic mass is 19.1. The maximum atomic E-state index is 13.3. The number of likely N-dealkylation sites (tertiary alicyclic amines) is 1. The number of ether oxygens (including phenoxy) is 2. The van der Waals surface area contributed by atoms with Crippen LogP contribution in [-0.2, 0) is 6.54 Å². The van der Waals surface area contributed by atoms with Crippen molar-refractivity contribution in [3.63, 3.8) is 0 Å². The lowest BCUT2D eigenvalue weighted by molar-refractivity contribution is 0.0833. The van der Waals surface area contributed by atoms with Gasteiger partial charge >= 0.3 is 0 Å². The van der Waals surface area contributed by atoms with E-state index in [-0.39, 0.29) is 17.5 Å². The van der Waals surface area contributed by atoms with Gasteiger partial charge in [0.25, 0.3) is 0 Å². The summed E-state index contributed by atoms with van der Waals surface area (Å²) in [6, 6.07) is 12.2. The predicted molar refractivity (Wildman–Crippen MR) is 96.2 cm³/mol. The van der Waals surface area contributed by atoms with Gasteiger partial charge in [-0.2, -0.15) is 0 Å². The zero-order chi connectivity index (χ0) is 17.9. The summed E-state index contributed by atoms with van der Waals surface area (Å²) in [6.07, 6.45) is 1.64. The highest BCUT2D eigenvalue weighted by Crippen LogP contribution is 2.32. The zero-order valence-electron chi connectivity index (χ0n) is 14.6. The van der Waals surface area contributed by atoms with Gasteiger partial charge in [-0.25, -0.2) is 4.39 Å². The minimum absolute atomic E-state index is 0.0290. The molecule has 2 heterocycles. The van der Waals surface area contributed by atoms with Crippen molar-refractivity contribution in [2.24, 2.45) is 5.92 Å². The molecule has 2 aromatic rings. The summed E-state index contributed by atoms with van der Waals surface area (Å²) in [5.41, 5.74) is 1.67. The Kier molecular flexibility index (Phi) is 4.89. The third-order valence-corrected chi connectivity index (χ3v) is 5.08. The molecule has 0 bridgehead atoms. The van der Waals surface area contributed by atoms with Gasteiger partial charge in [0.2, 0.25) is 0 Å². The summed E-state index contributed by atoms with van der Waals surface area (Å²) < 4.78 is 24.4. The molecule has 5 heteroatoms. The number of nitrogens with zero attached hydrogens (tertiary/aromatic N) is 1. The third kappa shape index (κ3) is 3.73. The number of carbonyl (C=O) groups excluding carboxylic acids is 1. The van der Waals surface area contributed by atoms with Gasteiger partial charge in [-0.3, -0.25) is 9.69 Å². The van der Waals surface area contributed by atoms with Gasteiger partial charge in [0.15, 0.2) is 17.3 Å². The van der Waals surface area contributed by atoms with Gasteiger partial charge in [0.1, 0.15) is 19.0 Å². The summed E-state index contributed by atoms with van der Waals surface area (Å²) >= 11 is 0. The van der Waals surface area contributed by atoms with E-state index >= 15 is 0 Å². The number of halogens is 1. The number of hydrogen-bond acceptors (Lipinski definition) is 4. The van der Waals surface area contributed by atoms with Crippen LogP contribution in [0.4, 0.5) is 4.39 Å². The molecule has 0 N–H and O–H groups in total. The fourth-order valence-corrected chi connectivity index (χ4v) is 3.68. The first kappa shape index (κ1) is 17.0. The van der Waals surface area contributed by atoms with E-state index in [1.165, 1.54) is 6.07 Å². The van der Waals surface area contributed by atoms with Crippen LogP contribution in [0.3, 0.4) is 0 Å². The van der Waals surface area contributed by atoms with Crippen LogP contribution in [0.15, 0.2) is 42.5 Å². The first-order valence-corrected chi connectivity index (χ1v) is 9.10. The van der Waals surface area contributed by atoms with E-state index in [9.17, 15) is 9.18 Å². The van der Waals surface area contributed by atoms with Gasteiger partial charge < -0.3 is 9.47 Å². The van der Waals surface area contributed by atoms with Crippen molar-refractivity contribution in [1.29, 1.82) is 0 Å². The average Bonchev–Trinajstić information content (AvgIpc) is 2.68. The largest absolute Gasteiger partial charge is 0.486 e. The molecule has 0 spiro atoms. The molecular formula is C21H22FNO3. The molecule has 0 aromatic heterocycles. The van der Waals surface area contributed by atoms with Crippen LogP contribution in [0.2, 0.25) is 0 Å². The van der Waals surface area contributed by atoms with Crippen LogP contribution >= 0.6 is 0 Å². The molecule has 4 rings (SSSR count). The van der Waals surface area contributed by atoms with E-state index in [4.69, 9.17) is 9.47 Å². The third-order valence-electron chi connectivity index (χ3n) is 5.08. The number of rotatable bonds is 4. The Balaban J connectivity index is 1.36. The van der Waals surface area contributed by atoms with E-state index in [1.807, 2.05) is 18.2 Å². The Labute approximate surface area is 152 Å². The number of hydrogen-bond donors (Lipinski definition) is 0. The Morgan fingerprint density at radius 1 is 1.04 bits per heavy atom. The summed E-state index contributed by atoms with van der Waals surface area (Å²) in [6.45, 7) is 3.48. The van der Waals surface area contributed by atoms with Crippen LogP contribution in [0.1, 0.15) is 28.8 Å². The molecule has 0 amide bonds. The molecule has 0 atom stereocenters. The molecule has 26 heavy (non-hydrogen) atoms. The second kappa shape index (κ2) is 7.46. The van der Waals surface area contributed by atoms with Gasteiger partial charge in [-0.05, 0) is 61.8 Å². The van der Waals surface area contributed by atoms with Crippen LogP contribution < -0.4 is 9.47 Å². The number of carbonyl (C=O) groups is 1. The van der Waals surface area contributed by atoms with Crippen molar-refractivity contribution >= 4 is 5.78 Å². The fourth-order valence-electron chi connectivity index (χ4n) is 3.68. The van der Waals surface area contributed by atoms with Gasteiger partial charge in [-0.15, -0.1) is 0 Å². The van der Waals surface area contributed by atoms with Crippen LogP contribution in [0, 0.1) is 11.7 Å². The number of ketones is 1. The molecular weight excluding hydrogens is 333 g/mol. The number of fused-ring (bicyclic) bond motifs is 1. The van der Waals surface area contributed by atoms with E-state index in [2.05, 4.69) is 4.90 Å². The van der Waals surface area contributed by atoms with Crippen molar-refractivity contribution in [3.05, 3.63) is 59.4 Å². The van der Waals surface area contributed by atoms with Crippen molar-refractivity contribution in [2.75, 3.05) is 26.3 Å². The monoisotopic (exact) mass is 355 g/mol. The first-order chi connectivity index (χ1) is 12.7. The van der Waals surface area contributed by atoms with Crippen LogP contribution in [-0.4, -0.2) is 37.0 Å². The van der Waals surface area contributed by atoms with E-state index in [0.29, 0.717) is 30.3 Å². The Morgan fingerprint density at radius 3 is 2.58 bits per heavy atom. The van der Waals surface area contributed by atoms with E-state index in [1.54, 1.807) is 18.2 Å². The maximum Gasteiger partial charge on any atom is 0.166 e. The lowest BCUT2D eigenvalue weighted by Gasteiger charge is -2.31. The molecule has 0 radical (unpaired) electrons. The normalized spacial score (nSPS) is 17.9. The van der Waals surface area contributed by atoms with Gasteiger partial charge in [-0.1, -0.05) is 12.1 Å². The van der Waals surface area contributed by atoms with Crippen molar-refractivity contribution in [2.45, 2.75) is 19.4 Å². The van der Waals surface area contributed by atoms with Gasteiger partial charge in [0.05, 0.1) is 0 Å². The Morgan fingerprint density at radius 2 is 1.81 bits per heavy atom. The highest BCUT2D eigenvalue weighted by Gasteiger charge is 2.27. The molecule has 0 aliphatic carbocycles. The van der Waals surface area contributed by atoms with Crippen LogP contribution in [0.5, 0.6) is 11.5 Å². The first-order valence-electron chi connectivity index (χ1n) is 9.10. The molecule has 0 unspecified atom stereocenters. The minimum Gasteiger partial charge on any atom is -0.486 e. The SMILES string of the molecule is O=C(c1ccc2c(c1)OCCO2)C1CCN(Cc2cccc(F)c2)CC1. The average molecular weight is 355 g/mol. The summed E-state index contributed by atoms with van der Waals surface area (Å²) in [4.78, 5) is 15.1. The minimum atomic E-state index is -0.203. The number of Topliss-reactive ketones (excluding diaryl/α,β-unsaturated/α-hetero) is 1. The van der Waals surface area contributed by atoms with E-state index in [0.717, 1.165) is 38.0 Å². The second-order valence-electron chi connectivity index (χ2n) is 6.90. The molecule has 0 saturated carbocycles. The topological polar surface area (TPSA) is 38.8 Å². The number of benzene rings is 2. The lowest BCUT2D eigenvalue weighted by Crippen LogP contribution is -2.36. The number of piperidine rings is 1. The lowest BCUT2D eigenvalue weighted by atomic mass is 9.88. The molecule has 4 nitrogen and oxygen atoms in total.